The first-order valence-corrected chi connectivity index (χ1v) is 9.49. The first kappa shape index (κ1) is 20.2. The van der Waals surface area contributed by atoms with Crippen LogP contribution in [0, 0.1) is 5.92 Å². The van der Waals surface area contributed by atoms with Gasteiger partial charge < -0.3 is 19.9 Å². The summed E-state index contributed by atoms with van der Waals surface area (Å²) in [4.78, 5) is 28.2. The zero-order valence-electron chi connectivity index (χ0n) is 16.2. The lowest BCUT2D eigenvalue weighted by molar-refractivity contribution is -0.149. The van der Waals surface area contributed by atoms with Crippen molar-refractivity contribution < 1.29 is 14.3 Å². The molecular weight excluding hydrogens is 330 g/mol. The molecule has 0 aromatic heterocycles. The Morgan fingerprint density at radius 2 is 1.92 bits per heavy atom. The Kier molecular flexibility index (Phi) is 7.91. The number of urea groups is 1. The minimum atomic E-state index is -0.138. The SMILES string of the molecule is CCOC(=O)C1CCN(C(=O)NCc2cccc(CN(C)CC)c2)CC1. The number of nitrogens with one attached hydrogen (secondary N) is 1. The third kappa shape index (κ3) is 6.02. The molecule has 0 unspecified atom stereocenters. The lowest BCUT2D eigenvalue weighted by Gasteiger charge is -2.30. The third-order valence-electron chi connectivity index (χ3n) is 4.83. The highest BCUT2D eigenvalue weighted by Crippen LogP contribution is 2.18. The van der Waals surface area contributed by atoms with E-state index in [0.717, 1.165) is 18.7 Å². The van der Waals surface area contributed by atoms with Crippen molar-refractivity contribution in [3.63, 3.8) is 0 Å². The third-order valence-corrected chi connectivity index (χ3v) is 4.83. The normalized spacial score (nSPS) is 15.2. The summed E-state index contributed by atoms with van der Waals surface area (Å²) in [5.74, 6) is -0.215. The molecule has 0 saturated carbocycles. The molecule has 0 bridgehead atoms. The highest BCUT2D eigenvalue weighted by Gasteiger charge is 2.28. The lowest BCUT2D eigenvalue weighted by atomic mass is 9.97. The molecule has 0 spiro atoms. The molecule has 1 fully saturated rings. The van der Waals surface area contributed by atoms with Crippen LogP contribution < -0.4 is 5.32 Å². The van der Waals surface area contributed by atoms with E-state index in [9.17, 15) is 9.59 Å². The van der Waals surface area contributed by atoms with Gasteiger partial charge >= 0.3 is 12.0 Å². The average Bonchev–Trinajstić information content (AvgIpc) is 2.66. The van der Waals surface area contributed by atoms with Crippen LogP contribution in [0.3, 0.4) is 0 Å². The van der Waals surface area contributed by atoms with Crippen LogP contribution in [0.4, 0.5) is 4.79 Å². The number of nitrogens with zero attached hydrogens (tertiary/aromatic N) is 2. The number of rotatable bonds is 7. The summed E-state index contributed by atoms with van der Waals surface area (Å²) >= 11 is 0. The Bertz CT molecular complexity index is 598. The smallest absolute Gasteiger partial charge is 0.317 e. The van der Waals surface area contributed by atoms with Gasteiger partial charge in [0.25, 0.3) is 0 Å². The Balaban J connectivity index is 1.79. The van der Waals surface area contributed by atoms with Crippen molar-refractivity contribution in [2.24, 2.45) is 5.92 Å². The van der Waals surface area contributed by atoms with E-state index in [1.165, 1.54) is 5.56 Å². The lowest BCUT2D eigenvalue weighted by Crippen LogP contribution is -2.45. The number of likely N-dealkylation sites (tertiary alicyclic amines) is 1. The van der Waals surface area contributed by atoms with E-state index in [0.29, 0.717) is 39.1 Å². The van der Waals surface area contributed by atoms with Gasteiger partial charge in [0.15, 0.2) is 0 Å². The van der Waals surface area contributed by atoms with Crippen LogP contribution in [-0.2, 0) is 22.6 Å². The van der Waals surface area contributed by atoms with E-state index in [1.54, 1.807) is 4.90 Å². The van der Waals surface area contributed by atoms with Crippen LogP contribution >= 0.6 is 0 Å². The zero-order valence-corrected chi connectivity index (χ0v) is 16.2. The van der Waals surface area contributed by atoms with Crippen molar-refractivity contribution in [2.75, 3.05) is 33.3 Å². The van der Waals surface area contributed by atoms with Crippen LogP contribution in [0.1, 0.15) is 37.8 Å². The van der Waals surface area contributed by atoms with Gasteiger partial charge in [0.2, 0.25) is 0 Å². The summed E-state index contributed by atoms with van der Waals surface area (Å²) in [5, 5.41) is 2.99. The summed E-state index contributed by atoms with van der Waals surface area (Å²) in [6, 6.07) is 8.24. The first-order valence-electron chi connectivity index (χ1n) is 9.49. The van der Waals surface area contributed by atoms with Crippen molar-refractivity contribution in [3.05, 3.63) is 35.4 Å². The fourth-order valence-corrected chi connectivity index (χ4v) is 3.13. The Labute approximate surface area is 156 Å². The number of piperidine rings is 1. The summed E-state index contributed by atoms with van der Waals surface area (Å²) in [7, 11) is 2.09. The number of esters is 1. The Hall–Kier alpha value is -2.08. The fourth-order valence-electron chi connectivity index (χ4n) is 3.13. The molecule has 0 atom stereocenters. The standard InChI is InChI=1S/C20H31N3O3/c1-4-22(3)15-17-8-6-7-16(13-17)14-21-20(25)23-11-9-18(10-12-23)19(24)26-5-2/h6-8,13,18H,4-5,9-12,14-15H2,1-3H3,(H,21,25). The van der Waals surface area contributed by atoms with E-state index in [4.69, 9.17) is 4.74 Å². The van der Waals surface area contributed by atoms with E-state index in [1.807, 2.05) is 19.1 Å². The molecule has 1 saturated heterocycles. The maximum absolute atomic E-state index is 12.4. The molecule has 0 aliphatic carbocycles. The van der Waals surface area contributed by atoms with Crippen molar-refractivity contribution >= 4 is 12.0 Å². The summed E-state index contributed by atoms with van der Waals surface area (Å²) in [6.45, 7) is 7.97. The van der Waals surface area contributed by atoms with Crippen LogP contribution in [0.5, 0.6) is 0 Å². The molecule has 0 radical (unpaired) electrons. The minimum absolute atomic E-state index is 0.0663. The van der Waals surface area contributed by atoms with Gasteiger partial charge in [0, 0.05) is 26.2 Å². The topological polar surface area (TPSA) is 61.9 Å². The molecule has 1 aliphatic heterocycles. The van der Waals surface area contributed by atoms with Gasteiger partial charge in [-0.3, -0.25) is 4.79 Å². The van der Waals surface area contributed by atoms with Gasteiger partial charge in [0.1, 0.15) is 0 Å². The Morgan fingerprint density at radius 1 is 1.23 bits per heavy atom. The quantitative estimate of drug-likeness (QED) is 0.759. The first-order chi connectivity index (χ1) is 12.5. The van der Waals surface area contributed by atoms with E-state index < -0.39 is 0 Å². The molecule has 2 amide bonds. The van der Waals surface area contributed by atoms with E-state index in [-0.39, 0.29) is 17.9 Å². The second-order valence-corrected chi connectivity index (χ2v) is 6.82. The predicted molar refractivity (Wildman–Crippen MR) is 102 cm³/mol. The van der Waals surface area contributed by atoms with Crippen LogP contribution in [0.2, 0.25) is 0 Å². The number of amides is 2. The van der Waals surface area contributed by atoms with Crippen molar-refractivity contribution in [1.29, 1.82) is 0 Å². The molecule has 26 heavy (non-hydrogen) atoms. The zero-order chi connectivity index (χ0) is 18.9. The summed E-state index contributed by atoms with van der Waals surface area (Å²) in [5.41, 5.74) is 2.35. The van der Waals surface area contributed by atoms with Crippen LogP contribution in [0.25, 0.3) is 0 Å². The molecule has 1 heterocycles. The van der Waals surface area contributed by atoms with Crippen molar-refractivity contribution in [2.45, 2.75) is 39.8 Å². The predicted octanol–water partition coefficient (Wildman–Crippen LogP) is 2.62. The van der Waals surface area contributed by atoms with Gasteiger partial charge in [-0.05, 0) is 44.5 Å². The molecule has 1 aliphatic rings. The van der Waals surface area contributed by atoms with Crippen molar-refractivity contribution in [3.8, 4) is 0 Å². The molecular formula is C20H31N3O3. The Morgan fingerprint density at radius 3 is 2.58 bits per heavy atom. The highest BCUT2D eigenvalue weighted by atomic mass is 16.5. The maximum atomic E-state index is 12.4. The number of hydrogen-bond acceptors (Lipinski definition) is 4. The second kappa shape index (κ2) is 10.2. The van der Waals surface area contributed by atoms with Gasteiger partial charge in [-0.25, -0.2) is 4.79 Å². The molecule has 6 heteroatoms. The van der Waals surface area contributed by atoms with Crippen LogP contribution in [0.15, 0.2) is 24.3 Å². The van der Waals surface area contributed by atoms with Crippen LogP contribution in [-0.4, -0.2) is 55.1 Å². The van der Waals surface area contributed by atoms with Gasteiger partial charge in [0.05, 0.1) is 12.5 Å². The monoisotopic (exact) mass is 361 g/mol. The summed E-state index contributed by atoms with van der Waals surface area (Å²) < 4.78 is 5.07. The molecule has 1 aromatic carbocycles. The number of carbonyl (C=O) groups excluding carboxylic acids is 2. The highest BCUT2D eigenvalue weighted by molar-refractivity contribution is 5.76. The molecule has 1 N–H and O–H groups in total. The van der Waals surface area contributed by atoms with Gasteiger partial charge in [-0.15, -0.1) is 0 Å². The van der Waals surface area contributed by atoms with Gasteiger partial charge in [-0.2, -0.15) is 0 Å². The molecule has 6 nitrogen and oxygen atoms in total. The number of carbonyl (C=O) groups is 2. The number of benzene rings is 1. The minimum Gasteiger partial charge on any atom is -0.466 e. The van der Waals surface area contributed by atoms with E-state index in [2.05, 4.69) is 36.3 Å². The number of ether oxygens (including phenoxy) is 1. The maximum Gasteiger partial charge on any atom is 0.317 e. The summed E-state index contributed by atoms with van der Waals surface area (Å²) in [6.07, 6.45) is 1.34. The van der Waals surface area contributed by atoms with Crippen molar-refractivity contribution in [1.82, 2.24) is 15.1 Å². The van der Waals surface area contributed by atoms with E-state index >= 15 is 0 Å². The molecule has 1 aromatic rings. The molecule has 144 valence electrons. The largest absolute Gasteiger partial charge is 0.466 e. The van der Waals surface area contributed by atoms with Gasteiger partial charge in [-0.1, -0.05) is 31.2 Å². The average molecular weight is 361 g/mol. The number of hydrogen-bond donors (Lipinski definition) is 1. The fraction of sp³-hybridized carbons (Fsp3) is 0.600. The molecule has 2 rings (SSSR count). The second-order valence-electron chi connectivity index (χ2n) is 6.82.